The largest absolute Gasteiger partial charge is 0.347 e. The molecule has 3 rings (SSSR count). The van der Waals surface area contributed by atoms with Gasteiger partial charge < -0.3 is 10.3 Å². The number of rotatable bonds is 5. The highest BCUT2D eigenvalue weighted by atomic mass is 15.0. The molecule has 3 aromatic rings. The molecule has 0 fully saturated rings. The molecule has 2 N–H and O–H groups in total. The van der Waals surface area contributed by atoms with E-state index in [9.17, 15) is 0 Å². The predicted octanol–water partition coefficient (Wildman–Crippen LogP) is 4.34. The molecule has 0 radical (unpaired) electrons. The van der Waals surface area contributed by atoms with Crippen molar-refractivity contribution in [3.63, 3.8) is 0 Å². The minimum atomic E-state index is 0.580. The van der Waals surface area contributed by atoms with Crippen molar-refractivity contribution in [1.82, 2.24) is 4.57 Å². The van der Waals surface area contributed by atoms with Crippen molar-refractivity contribution >= 4 is 10.9 Å². The maximum absolute atomic E-state index is 9.12. The van der Waals surface area contributed by atoms with Crippen LogP contribution < -0.4 is 5.73 Å². The van der Waals surface area contributed by atoms with Crippen LogP contribution in [-0.4, -0.2) is 11.1 Å². The van der Waals surface area contributed by atoms with Crippen LogP contribution in [0.25, 0.3) is 22.0 Å². The van der Waals surface area contributed by atoms with Gasteiger partial charge in [0.1, 0.15) is 0 Å². The van der Waals surface area contributed by atoms with Crippen molar-refractivity contribution in [1.29, 1.82) is 5.26 Å². The molecule has 0 spiro atoms. The summed E-state index contributed by atoms with van der Waals surface area (Å²) in [6.07, 6.45) is 3.14. The fourth-order valence-electron chi connectivity index (χ4n) is 3.22. The molecule has 0 bridgehead atoms. The van der Waals surface area contributed by atoms with E-state index in [4.69, 9.17) is 11.0 Å². The van der Waals surface area contributed by atoms with Gasteiger partial charge in [-0.3, -0.25) is 0 Å². The molecule has 0 aliphatic heterocycles. The summed E-state index contributed by atoms with van der Waals surface area (Å²) in [4.78, 5) is 0. The average Bonchev–Trinajstić information content (AvgIpc) is 2.92. The van der Waals surface area contributed by atoms with Gasteiger partial charge in [-0.05, 0) is 53.8 Å². The Morgan fingerprint density at radius 2 is 1.92 bits per heavy atom. The molecule has 0 amide bonds. The fraction of sp³-hybridized carbons (Fsp3) is 0.286. The Kier molecular flexibility index (Phi) is 4.69. The Morgan fingerprint density at radius 1 is 1.12 bits per heavy atom. The maximum Gasteiger partial charge on any atom is 0.0991 e. The fourth-order valence-corrected chi connectivity index (χ4v) is 3.22. The minimum absolute atomic E-state index is 0.580. The quantitative estimate of drug-likeness (QED) is 0.761. The summed E-state index contributed by atoms with van der Waals surface area (Å²) in [5.41, 5.74) is 11.2. The summed E-state index contributed by atoms with van der Waals surface area (Å²) >= 11 is 0. The van der Waals surface area contributed by atoms with Crippen LogP contribution in [0, 0.1) is 17.2 Å². The molecular weight excluding hydrogens is 294 g/mol. The van der Waals surface area contributed by atoms with Crippen LogP contribution in [0.15, 0.2) is 48.7 Å². The van der Waals surface area contributed by atoms with Gasteiger partial charge in [0.15, 0.2) is 0 Å². The van der Waals surface area contributed by atoms with Gasteiger partial charge in [0.2, 0.25) is 0 Å². The molecule has 3 nitrogen and oxygen atoms in total. The maximum atomic E-state index is 9.12. The summed E-state index contributed by atoms with van der Waals surface area (Å²) in [6, 6.07) is 16.5. The third-order valence-electron chi connectivity index (χ3n) is 4.27. The number of nitriles is 1. The number of nitrogens with two attached hydrogens (primary N) is 1. The number of hydrogen-bond acceptors (Lipinski definition) is 2. The van der Waals surface area contributed by atoms with Crippen LogP contribution in [0.1, 0.15) is 25.0 Å². The number of benzene rings is 2. The Balaban J connectivity index is 2.13. The number of fused-ring (bicyclic) bond motifs is 1. The molecule has 0 aliphatic carbocycles. The first-order valence-electron chi connectivity index (χ1n) is 8.44. The lowest BCUT2D eigenvalue weighted by molar-refractivity contribution is 0.534. The molecule has 0 saturated heterocycles. The van der Waals surface area contributed by atoms with Crippen molar-refractivity contribution in [2.24, 2.45) is 11.7 Å². The Morgan fingerprint density at radius 3 is 2.62 bits per heavy atom. The molecule has 0 saturated carbocycles. The second kappa shape index (κ2) is 6.90. The Bertz CT molecular complexity index is 897. The Hall–Kier alpha value is -2.57. The average molecular weight is 317 g/mol. The lowest BCUT2D eigenvalue weighted by Crippen LogP contribution is -2.04. The summed E-state index contributed by atoms with van der Waals surface area (Å²) in [7, 11) is 0. The van der Waals surface area contributed by atoms with E-state index in [1.165, 1.54) is 16.5 Å². The zero-order valence-electron chi connectivity index (χ0n) is 14.3. The monoisotopic (exact) mass is 317 g/mol. The number of nitrogens with zero attached hydrogens (tertiary/aromatic N) is 2. The van der Waals surface area contributed by atoms with E-state index in [1.54, 1.807) is 0 Å². The first kappa shape index (κ1) is 16.3. The highest BCUT2D eigenvalue weighted by Gasteiger charge is 2.11. The van der Waals surface area contributed by atoms with Gasteiger partial charge in [-0.15, -0.1) is 0 Å². The molecule has 2 aromatic carbocycles. The predicted molar refractivity (Wildman–Crippen MR) is 99.7 cm³/mol. The van der Waals surface area contributed by atoms with E-state index < -0.39 is 0 Å². The molecule has 24 heavy (non-hydrogen) atoms. The van der Waals surface area contributed by atoms with Crippen LogP contribution in [0.2, 0.25) is 0 Å². The summed E-state index contributed by atoms with van der Waals surface area (Å²) in [6.45, 7) is 6.11. The summed E-state index contributed by atoms with van der Waals surface area (Å²) in [5, 5.41) is 10.4. The summed E-state index contributed by atoms with van der Waals surface area (Å²) < 4.78 is 2.34. The number of aromatic nitrogens is 1. The lowest BCUT2D eigenvalue weighted by Gasteiger charge is -2.09. The van der Waals surface area contributed by atoms with Crippen LogP contribution in [0.5, 0.6) is 0 Å². The van der Waals surface area contributed by atoms with Crippen LogP contribution >= 0.6 is 0 Å². The topological polar surface area (TPSA) is 54.7 Å². The molecule has 1 aromatic heterocycles. The zero-order chi connectivity index (χ0) is 17.1. The Labute approximate surface area is 143 Å². The van der Waals surface area contributed by atoms with E-state index in [1.807, 2.05) is 18.2 Å². The molecule has 0 aliphatic rings. The van der Waals surface area contributed by atoms with E-state index in [2.05, 4.69) is 54.9 Å². The van der Waals surface area contributed by atoms with Crippen LogP contribution in [0.3, 0.4) is 0 Å². The highest BCUT2D eigenvalue weighted by Crippen LogP contribution is 2.29. The third-order valence-corrected chi connectivity index (χ3v) is 4.27. The van der Waals surface area contributed by atoms with E-state index in [-0.39, 0.29) is 0 Å². The van der Waals surface area contributed by atoms with Crippen molar-refractivity contribution in [3.05, 3.63) is 59.8 Å². The molecule has 1 heterocycles. The van der Waals surface area contributed by atoms with Gasteiger partial charge in [0, 0.05) is 23.6 Å². The molecule has 0 atom stereocenters. The molecular formula is C21H23N3. The molecule has 122 valence electrons. The van der Waals surface area contributed by atoms with E-state index >= 15 is 0 Å². The van der Waals surface area contributed by atoms with Gasteiger partial charge in [-0.2, -0.15) is 5.26 Å². The minimum Gasteiger partial charge on any atom is -0.347 e. The first-order valence-corrected chi connectivity index (χ1v) is 8.44. The second-order valence-electron chi connectivity index (χ2n) is 6.66. The van der Waals surface area contributed by atoms with Crippen LogP contribution in [-0.2, 0) is 13.0 Å². The second-order valence-corrected chi connectivity index (χ2v) is 6.66. The van der Waals surface area contributed by atoms with Gasteiger partial charge >= 0.3 is 0 Å². The highest BCUT2D eigenvalue weighted by molar-refractivity contribution is 5.88. The van der Waals surface area contributed by atoms with Gasteiger partial charge in [-0.25, -0.2) is 0 Å². The van der Waals surface area contributed by atoms with Crippen molar-refractivity contribution in [2.75, 3.05) is 6.54 Å². The lowest BCUT2D eigenvalue weighted by atomic mass is 10.0. The standard InChI is InChI=1S/C21H23N3/c1-15(2)13-24-14-19(8-9-22)20-7-6-18(11-21(20)24)17-5-3-4-16(10-17)12-23/h3-7,10-11,14-15H,8-9,13,22H2,1-2H3. The number of hydrogen-bond donors (Lipinski definition) is 1. The smallest absolute Gasteiger partial charge is 0.0991 e. The summed E-state index contributed by atoms with van der Waals surface area (Å²) in [5.74, 6) is 0.580. The van der Waals surface area contributed by atoms with E-state index in [0.29, 0.717) is 18.0 Å². The molecule has 0 unspecified atom stereocenters. The van der Waals surface area contributed by atoms with Gasteiger partial charge in [0.05, 0.1) is 11.6 Å². The molecule has 3 heteroatoms. The van der Waals surface area contributed by atoms with Gasteiger partial charge in [-0.1, -0.05) is 38.1 Å². The van der Waals surface area contributed by atoms with Crippen LogP contribution in [0.4, 0.5) is 0 Å². The van der Waals surface area contributed by atoms with Crippen molar-refractivity contribution in [3.8, 4) is 17.2 Å². The van der Waals surface area contributed by atoms with Crippen molar-refractivity contribution in [2.45, 2.75) is 26.8 Å². The van der Waals surface area contributed by atoms with Crippen molar-refractivity contribution < 1.29 is 0 Å². The van der Waals surface area contributed by atoms with Gasteiger partial charge in [0.25, 0.3) is 0 Å². The SMILES string of the molecule is CC(C)Cn1cc(CCN)c2ccc(-c3cccc(C#N)c3)cc21. The first-order chi connectivity index (χ1) is 11.6. The normalized spacial score (nSPS) is 11.1. The van der Waals surface area contributed by atoms with E-state index in [0.717, 1.165) is 24.1 Å². The third kappa shape index (κ3) is 3.20. The zero-order valence-corrected chi connectivity index (χ0v) is 14.3.